The van der Waals surface area contributed by atoms with E-state index in [0.29, 0.717) is 5.75 Å². The molecule has 0 radical (unpaired) electrons. The van der Waals surface area contributed by atoms with Crippen molar-refractivity contribution in [2.75, 3.05) is 32.1 Å². The van der Waals surface area contributed by atoms with Gasteiger partial charge in [-0.1, -0.05) is 0 Å². The van der Waals surface area contributed by atoms with Gasteiger partial charge in [0.2, 0.25) is 0 Å². The van der Waals surface area contributed by atoms with E-state index in [2.05, 4.69) is 16.0 Å². The Labute approximate surface area is 142 Å². The van der Waals surface area contributed by atoms with Crippen LogP contribution in [0.4, 0.5) is 5.82 Å². The Bertz CT molecular complexity index is 690. The van der Waals surface area contributed by atoms with Crippen molar-refractivity contribution in [1.29, 1.82) is 0 Å². The first kappa shape index (κ1) is 16.2. The molecule has 0 saturated carbocycles. The molecule has 1 unspecified atom stereocenters. The zero-order chi connectivity index (χ0) is 16.9. The van der Waals surface area contributed by atoms with E-state index in [0.717, 1.165) is 30.8 Å². The lowest BCUT2D eigenvalue weighted by Gasteiger charge is -2.26. The maximum Gasteiger partial charge on any atom is 0.261 e. The second-order valence-corrected chi connectivity index (χ2v) is 6.06. The van der Waals surface area contributed by atoms with Crippen molar-refractivity contribution in [3.05, 3.63) is 48.4 Å². The summed E-state index contributed by atoms with van der Waals surface area (Å²) in [5.41, 5.74) is 1.13. The number of nitrogens with zero attached hydrogens (tertiary/aromatic N) is 4. The van der Waals surface area contributed by atoms with Gasteiger partial charge in [-0.3, -0.25) is 9.78 Å². The van der Waals surface area contributed by atoms with Crippen molar-refractivity contribution in [1.82, 2.24) is 14.9 Å². The molecule has 1 fully saturated rings. The predicted octanol–water partition coefficient (Wildman–Crippen LogP) is 2.29. The van der Waals surface area contributed by atoms with E-state index in [4.69, 9.17) is 4.74 Å². The Morgan fingerprint density at radius 2 is 2.25 bits per heavy atom. The Kier molecular flexibility index (Phi) is 4.93. The summed E-state index contributed by atoms with van der Waals surface area (Å²) in [4.78, 5) is 24.8. The molecule has 0 aromatic carbocycles. The van der Waals surface area contributed by atoms with E-state index in [1.165, 1.54) is 0 Å². The van der Waals surface area contributed by atoms with E-state index in [9.17, 15) is 4.79 Å². The van der Waals surface area contributed by atoms with Crippen molar-refractivity contribution < 1.29 is 9.53 Å². The largest absolute Gasteiger partial charge is 0.482 e. The van der Waals surface area contributed by atoms with Crippen LogP contribution in [0.3, 0.4) is 0 Å². The predicted molar refractivity (Wildman–Crippen MR) is 92.0 cm³/mol. The Balaban J connectivity index is 1.68. The zero-order valence-electron chi connectivity index (χ0n) is 14.1. The van der Waals surface area contributed by atoms with Crippen LogP contribution in [-0.2, 0) is 4.79 Å². The lowest BCUT2D eigenvalue weighted by atomic mass is 10.1. The van der Waals surface area contributed by atoms with Crippen LogP contribution in [0.25, 0.3) is 0 Å². The fraction of sp³-hybridized carbons (Fsp3) is 0.389. The summed E-state index contributed by atoms with van der Waals surface area (Å²) in [5.74, 6) is 1.52. The van der Waals surface area contributed by atoms with Crippen LogP contribution in [0, 0.1) is 0 Å². The first-order chi connectivity index (χ1) is 11.6. The first-order valence-electron chi connectivity index (χ1n) is 8.11. The molecule has 0 bridgehead atoms. The van der Waals surface area contributed by atoms with Gasteiger partial charge in [0.25, 0.3) is 5.91 Å². The number of amides is 1. The van der Waals surface area contributed by atoms with E-state index in [-0.39, 0.29) is 18.6 Å². The van der Waals surface area contributed by atoms with Gasteiger partial charge in [-0.2, -0.15) is 0 Å². The summed E-state index contributed by atoms with van der Waals surface area (Å²) >= 11 is 0. The van der Waals surface area contributed by atoms with Gasteiger partial charge >= 0.3 is 0 Å². The van der Waals surface area contributed by atoms with Crippen LogP contribution in [0.1, 0.15) is 24.4 Å². The van der Waals surface area contributed by atoms with Crippen LogP contribution in [0.15, 0.2) is 42.9 Å². The lowest BCUT2D eigenvalue weighted by molar-refractivity contribution is -0.134. The molecule has 0 aliphatic carbocycles. The third-order valence-electron chi connectivity index (χ3n) is 4.18. The van der Waals surface area contributed by atoms with E-state index >= 15 is 0 Å². The summed E-state index contributed by atoms with van der Waals surface area (Å²) in [6, 6.07) is 7.73. The monoisotopic (exact) mass is 326 g/mol. The van der Waals surface area contributed by atoms with Gasteiger partial charge in [-0.25, -0.2) is 4.98 Å². The quantitative estimate of drug-likeness (QED) is 0.844. The Morgan fingerprint density at radius 1 is 1.38 bits per heavy atom. The number of aromatic nitrogens is 2. The van der Waals surface area contributed by atoms with E-state index in [1.807, 2.05) is 30.0 Å². The minimum atomic E-state index is 0.00423. The van der Waals surface area contributed by atoms with Crippen molar-refractivity contribution in [3.8, 4) is 5.75 Å². The molecule has 1 amide bonds. The molecule has 6 nitrogen and oxygen atoms in total. The number of pyridine rings is 2. The molecule has 6 heteroatoms. The van der Waals surface area contributed by atoms with Crippen molar-refractivity contribution in [2.24, 2.45) is 0 Å². The minimum Gasteiger partial charge on any atom is -0.482 e. The second kappa shape index (κ2) is 7.29. The van der Waals surface area contributed by atoms with E-state index in [1.54, 1.807) is 30.7 Å². The molecule has 1 saturated heterocycles. The number of rotatable bonds is 5. The third-order valence-corrected chi connectivity index (χ3v) is 4.18. The van der Waals surface area contributed by atoms with Gasteiger partial charge in [-0.15, -0.1) is 0 Å². The Hall–Kier alpha value is -2.63. The van der Waals surface area contributed by atoms with Crippen molar-refractivity contribution in [3.63, 3.8) is 0 Å². The number of carbonyl (C=O) groups excluding carboxylic acids is 1. The number of carbonyl (C=O) groups is 1. The standard InChI is InChI=1S/C18H22N4O2/c1-21(2)17-11-14(7-9-20-17)16-6-4-10-22(16)18(23)13-24-15-5-3-8-19-12-15/h3,5,7-9,11-12,16H,4,6,10,13H2,1-2H3. The van der Waals surface area contributed by atoms with Gasteiger partial charge in [0.05, 0.1) is 12.2 Å². The van der Waals surface area contributed by atoms with Crippen LogP contribution < -0.4 is 9.64 Å². The second-order valence-electron chi connectivity index (χ2n) is 6.06. The molecule has 1 aliphatic rings. The first-order valence-corrected chi connectivity index (χ1v) is 8.11. The van der Waals surface area contributed by atoms with Gasteiger partial charge < -0.3 is 14.5 Å². The van der Waals surface area contributed by atoms with Crippen LogP contribution in [0.5, 0.6) is 5.75 Å². The summed E-state index contributed by atoms with van der Waals surface area (Å²) in [7, 11) is 3.93. The number of anilines is 1. The number of hydrogen-bond donors (Lipinski definition) is 0. The average molecular weight is 326 g/mol. The highest BCUT2D eigenvalue weighted by Gasteiger charge is 2.30. The molecular formula is C18H22N4O2. The lowest BCUT2D eigenvalue weighted by Crippen LogP contribution is -2.34. The molecule has 24 heavy (non-hydrogen) atoms. The number of likely N-dealkylation sites (tertiary alicyclic amines) is 1. The summed E-state index contributed by atoms with van der Waals surface area (Å²) < 4.78 is 5.55. The zero-order valence-corrected chi connectivity index (χ0v) is 14.1. The van der Waals surface area contributed by atoms with Crippen molar-refractivity contribution >= 4 is 11.7 Å². The van der Waals surface area contributed by atoms with Gasteiger partial charge in [0.1, 0.15) is 11.6 Å². The molecule has 0 N–H and O–H groups in total. The minimum absolute atomic E-state index is 0.00423. The summed E-state index contributed by atoms with van der Waals surface area (Å²) in [6.45, 7) is 0.799. The highest BCUT2D eigenvalue weighted by molar-refractivity contribution is 5.78. The average Bonchev–Trinajstić information content (AvgIpc) is 3.10. The van der Waals surface area contributed by atoms with Crippen LogP contribution >= 0.6 is 0 Å². The molecule has 1 aliphatic heterocycles. The molecule has 1 atom stereocenters. The number of ether oxygens (including phenoxy) is 1. The smallest absolute Gasteiger partial charge is 0.261 e. The van der Waals surface area contributed by atoms with Crippen molar-refractivity contribution in [2.45, 2.75) is 18.9 Å². The summed E-state index contributed by atoms with van der Waals surface area (Å²) in [6.07, 6.45) is 7.06. The molecule has 2 aromatic heterocycles. The molecule has 2 aromatic rings. The third kappa shape index (κ3) is 3.64. The van der Waals surface area contributed by atoms with Gasteiger partial charge in [0.15, 0.2) is 6.61 Å². The molecular weight excluding hydrogens is 304 g/mol. The maximum atomic E-state index is 12.6. The highest BCUT2D eigenvalue weighted by atomic mass is 16.5. The fourth-order valence-corrected chi connectivity index (χ4v) is 2.96. The molecule has 3 rings (SSSR count). The topological polar surface area (TPSA) is 58.6 Å². The fourth-order valence-electron chi connectivity index (χ4n) is 2.96. The molecule has 126 valence electrons. The summed E-state index contributed by atoms with van der Waals surface area (Å²) in [5, 5.41) is 0. The van der Waals surface area contributed by atoms with Gasteiger partial charge in [0, 0.05) is 33.0 Å². The highest BCUT2D eigenvalue weighted by Crippen LogP contribution is 2.32. The number of hydrogen-bond acceptors (Lipinski definition) is 5. The Morgan fingerprint density at radius 3 is 3.00 bits per heavy atom. The SMILES string of the molecule is CN(C)c1cc(C2CCCN2C(=O)COc2cccnc2)ccn1. The normalized spacial score (nSPS) is 16.9. The molecule has 3 heterocycles. The van der Waals surface area contributed by atoms with Crippen LogP contribution in [0.2, 0.25) is 0 Å². The molecule has 0 spiro atoms. The maximum absolute atomic E-state index is 12.6. The van der Waals surface area contributed by atoms with E-state index < -0.39 is 0 Å². The van der Waals surface area contributed by atoms with Crippen LogP contribution in [-0.4, -0.2) is 48.0 Å². The van der Waals surface area contributed by atoms with Gasteiger partial charge in [-0.05, 0) is 42.7 Å².